The molecule has 0 radical (unpaired) electrons. The van der Waals surface area contributed by atoms with Crippen LogP contribution in [0.5, 0.6) is 0 Å². The Morgan fingerprint density at radius 3 is 2.92 bits per heavy atom. The fraction of sp³-hybridized carbons (Fsp3) is 0.417. The normalized spacial score (nSPS) is 13.5. The molecule has 0 aliphatic carbocycles. The molecule has 0 fully saturated rings. The standard InChI is InChI=1S/C12H17N/c1-4-10(2)5-6-12-7-8-13-9-11(12)3/h5-10H,4H2,1-3H3/b6-5-. The van der Waals surface area contributed by atoms with Crippen LogP contribution >= 0.6 is 0 Å². The summed E-state index contributed by atoms with van der Waals surface area (Å²) in [5.41, 5.74) is 2.51. The summed E-state index contributed by atoms with van der Waals surface area (Å²) < 4.78 is 0. The lowest BCUT2D eigenvalue weighted by atomic mass is 10.1. The van der Waals surface area contributed by atoms with Crippen LogP contribution in [0.2, 0.25) is 0 Å². The van der Waals surface area contributed by atoms with Crippen molar-refractivity contribution in [3.8, 4) is 0 Å². The predicted octanol–water partition coefficient (Wildman–Crippen LogP) is 3.45. The summed E-state index contributed by atoms with van der Waals surface area (Å²) in [6.07, 6.45) is 9.37. The van der Waals surface area contributed by atoms with Gasteiger partial charge in [0.1, 0.15) is 0 Å². The van der Waals surface area contributed by atoms with Gasteiger partial charge in [-0.25, -0.2) is 0 Å². The average Bonchev–Trinajstić information content (AvgIpc) is 2.16. The molecule has 1 rings (SSSR count). The first-order chi connectivity index (χ1) is 6.24. The molecule has 70 valence electrons. The van der Waals surface area contributed by atoms with Crippen molar-refractivity contribution in [2.75, 3.05) is 0 Å². The molecular weight excluding hydrogens is 158 g/mol. The number of pyridine rings is 1. The molecule has 0 amide bonds. The van der Waals surface area contributed by atoms with Gasteiger partial charge >= 0.3 is 0 Å². The van der Waals surface area contributed by atoms with Gasteiger partial charge < -0.3 is 0 Å². The van der Waals surface area contributed by atoms with E-state index in [1.807, 2.05) is 18.5 Å². The molecule has 0 bridgehead atoms. The van der Waals surface area contributed by atoms with Crippen LogP contribution in [0.15, 0.2) is 24.5 Å². The first-order valence-electron chi connectivity index (χ1n) is 4.83. The maximum atomic E-state index is 4.06. The Labute approximate surface area is 80.5 Å². The second-order valence-electron chi connectivity index (χ2n) is 3.48. The van der Waals surface area contributed by atoms with E-state index in [1.54, 1.807) is 0 Å². The predicted molar refractivity (Wildman–Crippen MR) is 57.5 cm³/mol. The van der Waals surface area contributed by atoms with Gasteiger partial charge in [-0.05, 0) is 30.0 Å². The molecule has 0 aliphatic rings. The van der Waals surface area contributed by atoms with E-state index in [1.165, 1.54) is 17.5 Å². The molecule has 1 heterocycles. The molecule has 0 aliphatic heterocycles. The van der Waals surface area contributed by atoms with Crippen LogP contribution in [0.25, 0.3) is 6.08 Å². The minimum absolute atomic E-state index is 0.660. The monoisotopic (exact) mass is 175 g/mol. The molecule has 13 heavy (non-hydrogen) atoms. The molecule has 1 unspecified atom stereocenters. The highest BCUT2D eigenvalue weighted by Crippen LogP contribution is 2.10. The molecule has 1 aromatic heterocycles. The maximum Gasteiger partial charge on any atom is 0.0303 e. The van der Waals surface area contributed by atoms with Gasteiger partial charge in [-0.1, -0.05) is 32.4 Å². The molecule has 1 heteroatoms. The SMILES string of the molecule is CCC(C)/C=C\c1ccncc1C. The van der Waals surface area contributed by atoms with Crippen molar-refractivity contribution in [2.45, 2.75) is 27.2 Å². The molecular formula is C12H17N. The Morgan fingerprint density at radius 1 is 1.54 bits per heavy atom. The number of aryl methyl sites for hydroxylation is 1. The number of hydrogen-bond acceptors (Lipinski definition) is 1. The van der Waals surface area contributed by atoms with Crippen molar-refractivity contribution in [3.05, 3.63) is 35.7 Å². The van der Waals surface area contributed by atoms with Crippen molar-refractivity contribution >= 4 is 6.08 Å². The van der Waals surface area contributed by atoms with Crippen LogP contribution in [-0.2, 0) is 0 Å². The second kappa shape index (κ2) is 4.80. The molecule has 0 N–H and O–H groups in total. The third-order valence-corrected chi connectivity index (χ3v) is 2.31. The largest absolute Gasteiger partial charge is 0.264 e. The van der Waals surface area contributed by atoms with E-state index >= 15 is 0 Å². The van der Waals surface area contributed by atoms with E-state index in [2.05, 4.69) is 37.9 Å². The lowest BCUT2D eigenvalue weighted by Crippen LogP contribution is -1.86. The Balaban J connectivity index is 2.74. The lowest BCUT2D eigenvalue weighted by Gasteiger charge is -2.01. The maximum absolute atomic E-state index is 4.06. The van der Waals surface area contributed by atoms with Crippen LogP contribution in [-0.4, -0.2) is 4.98 Å². The van der Waals surface area contributed by atoms with Crippen molar-refractivity contribution in [1.29, 1.82) is 0 Å². The summed E-state index contributed by atoms with van der Waals surface area (Å²) in [6, 6.07) is 2.05. The Kier molecular flexibility index (Phi) is 3.69. The average molecular weight is 175 g/mol. The van der Waals surface area contributed by atoms with E-state index < -0.39 is 0 Å². The lowest BCUT2D eigenvalue weighted by molar-refractivity contribution is 0.701. The van der Waals surface area contributed by atoms with Gasteiger partial charge in [0.25, 0.3) is 0 Å². The molecule has 1 nitrogen and oxygen atoms in total. The zero-order valence-corrected chi connectivity index (χ0v) is 8.62. The third kappa shape index (κ3) is 3.02. The molecule has 0 saturated heterocycles. The van der Waals surface area contributed by atoms with E-state index in [-0.39, 0.29) is 0 Å². The molecule has 0 aromatic carbocycles. The number of hydrogen-bond donors (Lipinski definition) is 0. The van der Waals surface area contributed by atoms with Gasteiger partial charge in [0.05, 0.1) is 0 Å². The van der Waals surface area contributed by atoms with Crippen molar-refractivity contribution in [3.63, 3.8) is 0 Å². The van der Waals surface area contributed by atoms with Crippen LogP contribution in [0.4, 0.5) is 0 Å². The van der Waals surface area contributed by atoms with Gasteiger partial charge in [-0.15, -0.1) is 0 Å². The highest BCUT2D eigenvalue weighted by molar-refractivity contribution is 5.52. The summed E-state index contributed by atoms with van der Waals surface area (Å²) in [6.45, 7) is 6.52. The molecule has 0 spiro atoms. The Hall–Kier alpha value is -1.11. The summed E-state index contributed by atoms with van der Waals surface area (Å²) in [5.74, 6) is 0.660. The fourth-order valence-electron chi connectivity index (χ4n) is 1.08. The Bertz CT molecular complexity index is 289. The number of allylic oxidation sites excluding steroid dienone is 1. The quantitative estimate of drug-likeness (QED) is 0.685. The number of rotatable bonds is 3. The highest BCUT2D eigenvalue weighted by Gasteiger charge is 1.94. The van der Waals surface area contributed by atoms with Gasteiger partial charge in [-0.3, -0.25) is 4.98 Å². The molecule has 1 aromatic rings. The summed E-state index contributed by atoms with van der Waals surface area (Å²) in [4.78, 5) is 4.06. The number of nitrogens with zero attached hydrogens (tertiary/aromatic N) is 1. The zero-order chi connectivity index (χ0) is 9.68. The molecule has 1 atom stereocenters. The van der Waals surface area contributed by atoms with Gasteiger partial charge in [0.15, 0.2) is 0 Å². The Morgan fingerprint density at radius 2 is 2.31 bits per heavy atom. The fourth-order valence-corrected chi connectivity index (χ4v) is 1.08. The molecule has 0 saturated carbocycles. The van der Waals surface area contributed by atoms with E-state index in [0.29, 0.717) is 5.92 Å². The third-order valence-electron chi connectivity index (χ3n) is 2.31. The van der Waals surface area contributed by atoms with E-state index in [9.17, 15) is 0 Å². The van der Waals surface area contributed by atoms with Crippen molar-refractivity contribution in [1.82, 2.24) is 4.98 Å². The van der Waals surface area contributed by atoms with Crippen LogP contribution in [0, 0.1) is 12.8 Å². The minimum atomic E-state index is 0.660. The van der Waals surface area contributed by atoms with Crippen LogP contribution in [0.1, 0.15) is 31.4 Å². The zero-order valence-electron chi connectivity index (χ0n) is 8.62. The topological polar surface area (TPSA) is 12.9 Å². The summed E-state index contributed by atoms with van der Waals surface area (Å²) in [7, 11) is 0. The van der Waals surface area contributed by atoms with Crippen molar-refractivity contribution in [2.24, 2.45) is 5.92 Å². The van der Waals surface area contributed by atoms with Crippen LogP contribution in [0.3, 0.4) is 0 Å². The first-order valence-corrected chi connectivity index (χ1v) is 4.83. The van der Waals surface area contributed by atoms with Crippen LogP contribution < -0.4 is 0 Å². The summed E-state index contributed by atoms with van der Waals surface area (Å²) >= 11 is 0. The van der Waals surface area contributed by atoms with Crippen molar-refractivity contribution < 1.29 is 0 Å². The van der Waals surface area contributed by atoms with Gasteiger partial charge in [0.2, 0.25) is 0 Å². The number of aromatic nitrogens is 1. The summed E-state index contributed by atoms with van der Waals surface area (Å²) in [5, 5.41) is 0. The van der Waals surface area contributed by atoms with Gasteiger partial charge in [-0.2, -0.15) is 0 Å². The van der Waals surface area contributed by atoms with E-state index in [4.69, 9.17) is 0 Å². The van der Waals surface area contributed by atoms with Gasteiger partial charge in [0, 0.05) is 12.4 Å². The first kappa shape index (κ1) is 9.97. The highest BCUT2D eigenvalue weighted by atomic mass is 14.6. The smallest absolute Gasteiger partial charge is 0.0303 e. The van der Waals surface area contributed by atoms with E-state index in [0.717, 1.165) is 0 Å². The second-order valence-corrected chi connectivity index (χ2v) is 3.48. The minimum Gasteiger partial charge on any atom is -0.264 e.